The zero-order valence-electron chi connectivity index (χ0n) is 11.8. The van der Waals surface area contributed by atoms with Crippen LogP contribution in [0.15, 0.2) is 0 Å². The molecule has 0 aliphatic carbocycles. The summed E-state index contributed by atoms with van der Waals surface area (Å²) in [4.78, 5) is 5.23. The molecule has 3 heteroatoms. The van der Waals surface area contributed by atoms with E-state index in [1.807, 2.05) is 0 Å². The Morgan fingerprint density at radius 3 is 2.82 bits per heavy atom. The summed E-state index contributed by atoms with van der Waals surface area (Å²) in [5.74, 6) is 0.805. The molecule has 2 saturated heterocycles. The van der Waals surface area contributed by atoms with E-state index in [-0.39, 0.29) is 0 Å². The Hall–Kier alpha value is -0.120. The van der Waals surface area contributed by atoms with E-state index < -0.39 is 0 Å². The van der Waals surface area contributed by atoms with Crippen LogP contribution in [0.4, 0.5) is 0 Å². The minimum absolute atomic E-state index is 0.709. The summed E-state index contributed by atoms with van der Waals surface area (Å²) >= 11 is 0. The summed E-state index contributed by atoms with van der Waals surface area (Å²) < 4.78 is 0. The molecule has 17 heavy (non-hydrogen) atoms. The van der Waals surface area contributed by atoms with Gasteiger partial charge in [-0.2, -0.15) is 0 Å². The summed E-state index contributed by atoms with van der Waals surface area (Å²) in [5, 5.41) is 3.69. The summed E-state index contributed by atoms with van der Waals surface area (Å²) in [6.07, 6.45) is 4.06. The fraction of sp³-hybridized carbons (Fsp3) is 1.00. The van der Waals surface area contributed by atoms with Crippen LogP contribution >= 0.6 is 0 Å². The highest BCUT2D eigenvalue weighted by molar-refractivity contribution is 4.88. The Morgan fingerprint density at radius 2 is 2.12 bits per heavy atom. The van der Waals surface area contributed by atoms with Crippen molar-refractivity contribution >= 4 is 0 Å². The van der Waals surface area contributed by atoms with Crippen LogP contribution in [0.5, 0.6) is 0 Å². The molecule has 2 fully saturated rings. The maximum absolute atomic E-state index is 3.69. The molecule has 3 unspecified atom stereocenters. The summed E-state index contributed by atoms with van der Waals surface area (Å²) in [6.45, 7) is 10.9. The van der Waals surface area contributed by atoms with Crippen LogP contribution in [-0.2, 0) is 0 Å². The number of hydrogen-bond donors (Lipinski definition) is 1. The van der Waals surface area contributed by atoms with E-state index in [1.165, 1.54) is 52.0 Å². The lowest BCUT2D eigenvalue weighted by molar-refractivity contribution is 0.0740. The van der Waals surface area contributed by atoms with Gasteiger partial charge in [-0.3, -0.25) is 4.90 Å². The molecule has 2 aliphatic heterocycles. The van der Waals surface area contributed by atoms with Crippen molar-refractivity contribution in [1.29, 1.82) is 0 Å². The maximum Gasteiger partial charge on any atom is 0.0224 e. The van der Waals surface area contributed by atoms with Gasteiger partial charge in [0.2, 0.25) is 0 Å². The molecular weight excluding hydrogens is 210 g/mol. The fourth-order valence-corrected chi connectivity index (χ4v) is 3.24. The number of hydrogen-bond acceptors (Lipinski definition) is 3. The zero-order valence-corrected chi connectivity index (χ0v) is 11.8. The van der Waals surface area contributed by atoms with Gasteiger partial charge in [0.15, 0.2) is 0 Å². The topological polar surface area (TPSA) is 18.5 Å². The van der Waals surface area contributed by atoms with E-state index in [0.717, 1.165) is 12.0 Å². The number of nitrogens with zero attached hydrogens (tertiary/aromatic N) is 2. The quantitative estimate of drug-likeness (QED) is 0.803. The van der Waals surface area contributed by atoms with Crippen molar-refractivity contribution < 1.29 is 0 Å². The summed E-state index contributed by atoms with van der Waals surface area (Å²) in [7, 11) is 2.26. The number of piperazine rings is 1. The smallest absolute Gasteiger partial charge is 0.0224 e. The van der Waals surface area contributed by atoms with E-state index >= 15 is 0 Å². The monoisotopic (exact) mass is 239 g/mol. The van der Waals surface area contributed by atoms with Gasteiger partial charge in [0.05, 0.1) is 0 Å². The lowest BCUT2D eigenvalue weighted by atomic mass is 9.95. The van der Waals surface area contributed by atoms with Crippen molar-refractivity contribution in [2.75, 3.05) is 39.8 Å². The molecule has 1 N–H and O–H groups in total. The highest BCUT2D eigenvalue weighted by atomic mass is 15.3. The van der Waals surface area contributed by atoms with Gasteiger partial charge in [-0.05, 0) is 32.4 Å². The number of likely N-dealkylation sites (N-methyl/N-ethyl adjacent to an activating group) is 1. The van der Waals surface area contributed by atoms with Crippen LogP contribution in [0.3, 0.4) is 0 Å². The van der Waals surface area contributed by atoms with Crippen molar-refractivity contribution in [2.24, 2.45) is 5.92 Å². The van der Waals surface area contributed by atoms with Crippen molar-refractivity contribution in [3.05, 3.63) is 0 Å². The third kappa shape index (κ3) is 3.43. The van der Waals surface area contributed by atoms with Crippen molar-refractivity contribution in [2.45, 2.75) is 45.2 Å². The first-order valence-electron chi connectivity index (χ1n) is 7.36. The highest BCUT2D eigenvalue weighted by Crippen LogP contribution is 2.19. The van der Waals surface area contributed by atoms with Crippen molar-refractivity contribution in [1.82, 2.24) is 15.1 Å². The average Bonchev–Trinajstić information content (AvgIpc) is 2.38. The molecule has 0 aromatic heterocycles. The fourth-order valence-electron chi connectivity index (χ4n) is 3.24. The van der Waals surface area contributed by atoms with E-state index in [2.05, 4.69) is 36.0 Å². The van der Waals surface area contributed by atoms with Gasteiger partial charge in [0.25, 0.3) is 0 Å². The van der Waals surface area contributed by atoms with Gasteiger partial charge in [0.1, 0.15) is 0 Å². The third-order valence-corrected chi connectivity index (χ3v) is 4.68. The second-order valence-electron chi connectivity index (χ2n) is 6.00. The Kier molecular flexibility index (Phi) is 4.83. The second kappa shape index (κ2) is 6.17. The van der Waals surface area contributed by atoms with E-state index in [0.29, 0.717) is 6.04 Å². The molecule has 0 bridgehead atoms. The molecule has 0 aromatic rings. The predicted octanol–water partition coefficient (Wildman–Crippen LogP) is 1.40. The Bertz CT molecular complexity index is 232. The Labute approximate surface area is 107 Å². The van der Waals surface area contributed by atoms with Crippen LogP contribution < -0.4 is 5.32 Å². The summed E-state index contributed by atoms with van der Waals surface area (Å²) in [5.41, 5.74) is 0. The van der Waals surface area contributed by atoms with E-state index in [4.69, 9.17) is 0 Å². The van der Waals surface area contributed by atoms with E-state index in [9.17, 15) is 0 Å². The van der Waals surface area contributed by atoms with Gasteiger partial charge < -0.3 is 10.2 Å². The minimum atomic E-state index is 0.709. The number of nitrogens with one attached hydrogen (secondary N) is 1. The molecule has 2 aliphatic rings. The van der Waals surface area contributed by atoms with Gasteiger partial charge >= 0.3 is 0 Å². The Morgan fingerprint density at radius 1 is 1.29 bits per heavy atom. The number of likely N-dealkylation sites (tertiary alicyclic amines) is 1. The van der Waals surface area contributed by atoms with E-state index in [1.54, 1.807) is 0 Å². The first kappa shape index (κ1) is 13.3. The molecule has 0 saturated carbocycles. The lowest BCUT2D eigenvalue weighted by Crippen LogP contribution is -2.58. The van der Waals surface area contributed by atoms with Crippen molar-refractivity contribution in [3.8, 4) is 0 Å². The largest absolute Gasteiger partial charge is 0.311 e. The first-order valence-corrected chi connectivity index (χ1v) is 7.36. The normalized spacial score (nSPS) is 34.8. The van der Waals surface area contributed by atoms with Crippen LogP contribution in [-0.4, -0.2) is 61.7 Å². The molecule has 100 valence electrons. The predicted molar refractivity (Wildman–Crippen MR) is 73.3 cm³/mol. The van der Waals surface area contributed by atoms with Crippen LogP contribution in [0.1, 0.15) is 33.1 Å². The number of rotatable bonds is 3. The molecule has 2 rings (SSSR count). The van der Waals surface area contributed by atoms with Crippen LogP contribution in [0.25, 0.3) is 0 Å². The lowest BCUT2D eigenvalue weighted by Gasteiger charge is -2.43. The van der Waals surface area contributed by atoms with Crippen LogP contribution in [0.2, 0.25) is 0 Å². The zero-order chi connectivity index (χ0) is 12.3. The minimum Gasteiger partial charge on any atom is -0.311 e. The van der Waals surface area contributed by atoms with Gasteiger partial charge in [-0.15, -0.1) is 0 Å². The first-order chi connectivity index (χ1) is 8.20. The number of piperidine rings is 1. The molecular formula is C14H29N3. The van der Waals surface area contributed by atoms with Gasteiger partial charge in [-0.1, -0.05) is 20.3 Å². The van der Waals surface area contributed by atoms with Crippen molar-refractivity contribution in [3.63, 3.8) is 0 Å². The molecule has 3 nitrogen and oxygen atoms in total. The standard InChI is InChI=1S/C14H29N3/c1-4-12(2)14-11-17(9-7-15-14)13-6-5-8-16(3)10-13/h12-15H,4-11H2,1-3H3. The average molecular weight is 239 g/mol. The molecule has 0 spiro atoms. The molecule has 3 atom stereocenters. The van der Waals surface area contributed by atoms with Gasteiger partial charge in [-0.25, -0.2) is 0 Å². The molecule has 0 radical (unpaired) electrons. The SMILES string of the molecule is CCC(C)C1CN(C2CCCN(C)C2)CCN1. The third-order valence-electron chi connectivity index (χ3n) is 4.68. The molecule has 2 heterocycles. The second-order valence-corrected chi connectivity index (χ2v) is 6.00. The molecule has 0 aromatic carbocycles. The highest BCUT2D eigenvalue weighted by Gasteiger charge is 2.29. The van der Waals surface area contributed by atoms with Crippen LogP contribution in [0, 0.1) is 5.92 Å². The summed E-state index contributed by atoms with van der Waals surface area (Å²) in [6, 6.07) is 1.52. The Balaban J connectivity index is 1.87. The maximum atomic E-state index is 3.69. The molecule has 0 amide bonds. The van der Waals surface area contributed by atoms with Gasteiger partial charge in [0, 0.05) is 38.3 Å².